The van der Waals surface area contributed by atoms with E-state index in [-0.39, 0.29) is 5.91 Å². The summed E-state index contributed by atoms with van der Waals surface area (Å²) in [5, 5.41) is 7.33. The minimum atomic E-state index is 0.0725. The molecular weight excluding hydrogens is 318 g/mol. The number of hydrogen-bond acceptors (Lipinski definition) is 2. The Morgan fingerprint density at radius 2 is 1.79 bits per heavy atom. The molecule has 5 heteroatoms. The number of benzene rings is 1. The van der Waals surface area contributed by atoms with Crippen molar-refractivity contribution in [3.8, 4) is 0 Å². The molecule has 132 valence electrons. The maximum atomic E-state index is 12.3. The number of carbonyl (C=O) groups is 1. The molecule has 2 N–H and O–H groups in total. The van der Waals surface area contributed by atoms with Crippen LogP contribution >= 0.6 is 12.2 Å². The van der Waals surface area contributed by atoms with Gasteiger partial charge < -0.3 is 15.5 Å². The molecule has 0 spiro atoms. The van der Waals surface area contributed by atoms with E-state index in [0.717, 1.165) is 18.8 Å². The highest BCUT2D eigenvalue weighted by Crippen LogP contribution is 2.23. The van der Waals surface area contributed by atoms with Gasteiger partial charge in [0.2, 0.25) is 0 Å². The van der Waals surface area contributed by atoms with Gasteiger partial charge in [0.25, 0.3) is 5.91 Å². The molecule has 0 aliphatic heterocycles. The Kier molecular flexibility index (Phi) is 7.03. The zero-order valence-electron chi connectivity index (χ0n) is 15.0. The van der Waals surface area contributed by atoms with Crippen LogP contribution in [0.15, 0.2) is 24.3 Å². The summed E-state index contributed by atoms with van der Waals surface area (Å²) >= 11 is 5.44. The third-order valence-electron chi connectivity index (χ3n) is 4.87. The molecule has 1 fully saturated rings. The Hall–Kier alpha value is -1.62. The van der Waals surface area contributed by atoms with Gasteiger partial charge in [-0.1, -0.05) is 19.8 Å². The lowest BCUT2D eigenvalue weighted by atomic mass is 9.86. The quantitative estimate of drug-likeness (QED) is 0.789. The lowest BCUT2D eigenvalue weighted by Gasteiger charge is -2.30. The van der Waals surface area contributed by atoms with Gasteiger partial charge in [-0.25, -0.2) is 0 Å². The van der Waals surface area contributed by atoms with Crippen molar-refractivity contribution >= 4 is 28.9 Å². The Labute approximate surface area is 151 Å². The summed E-state index contributed by atoms with van der Waals surface area (Å²) in [5.41, 5.74) is 1.62. The lowest BCUT2D eigenvalue weighted by Crippen LogP contribution is -2.43. The number of amides is 1. The first kappa shape index (κ1) is 18.7. The average Bonchev–Trinajstić information content (AvgIpc) is 2.58. The first-order valence-electron chi connectivity index (χ1n) is 9.02. The number of nitrogens with one attached hydrogen (secondary N) is 2. The van der Waals surface area contributed by atoms with Gasteiger partial charge in [-0.2, -0.15) is 0 Å². The van der Waals surface area contributed by atoms with Gasteiger partial charge in [-0.3, -0.25) is 4.79 Å². The Balaban J connectivity index is 1.91. The number of nitrogens with zero attached hydrogens (tertiary/aromatic N) is 1. The second-order valence-corrected chi connectivity index (χ2v) is 6.93. The van der Waals surface area contributed by atoms with Crippen molar-refractivity contribution in [3.05, 3.63) is 29.8 Å². The number of thiocarbonyl (C=S) groups is 1. The van der Waals surface area contributed by atoms with Crippen LogP contribution in [0.1, 0.15) is 56.8 Å². The topological polar surface area (TPSA) is 44.4 Å². The molecule has 0 aromatic heterocycles. The van der Waals surface area contributed by atoms with Crippen molar-refractivity contribution in [3.63, 3.8) is 0 Å². The number of rotatable bonds is 5. The summed E-state index contributed by atoms with van der Waals surface area (Å²) < 4.78 is 0. The smallest absolute Gasteiger partial charge is 0.253 e. The molecular formula is C19H29N3OS. The number of anilines is 1. The molecule has 1 aromatic carbocycles. The van der Waals surface area contributed by atoms with E-state index in [1.165, 1.54) is 25.7 Å². The van der Waals surface area contributed by atoms with Crippen LogP contribution in [0.25, 0.3) is 0 Å². The van der Waals surface area contributed by atoms with E-state index in [2.05, 4.69) is 17.6 Å². The molecule has 1 aliphatic carbocycles. The van der Waals surface area contributed by atoms with Gasteiger partial charge in [-0.05, 0) is 69.1 Å². The molecule has 0 bridgehead atoms. The molecule has 2 rings (SSSR count). The largest absolute Gasteiger partial charge is 0.359 e. The molecule has 1 aromatic rings. The minimum Gasteiger partial charge on any atom is -0.359 e. The molecule has 0 radical (unpaired) electrons. The molecule has 0 saturated heterocycles. The van der Waals surface area contributed by atoms with Crippen molar-refractivity contribution < 1.29 is 4.79 Å². The van der Waals surface area contributed by atoms with E-state index < -0.39 is 0 Å². The highest BCUT2D eigenvalue weighted by molar-refractivity contribution is 7.80. The van der Waals surface area contributed by atoms with Crippen LogP contribution < -0.4 is 10.6 Å². The second-order valence-electron chi connectivity index (χ2n) is 6.52. The fourth-order valence-electron chi connectivity index (χ4n) is 3.26. The molecule has 4 nitrogen and oxygen atoms in total. The molecule has 1 aliphatic rings. The van der Waals surface area contributed by atoms with Crippen molar-refractivity contribution in [1.82, 2.24) is 10.2 Å². The fraction of sp³-hybridized carbons (Fsp3) is 0.579. The Bertz CT molecular complexity index is 554. The highest BCUT2D eigenvalue weighted by atomic mass is 32.1. The maximum absolute atomic E-state index is 12.3. The molecule has 0 heterocycles. The van der Waals surface area contributed by atoms with E-state index in [9.17, 15) is 4.79 Å². The molecule has 1 amide bonds. The predicted octanol–water partition coefficient (Wildman–Crippen LogP) is 4.03. The van der Waals surface area contributed by atoms with Crippen LogP contribution in [0.4, 0.5) is 5.69 Å². The van der Waals surface area contributed by atoms with Crippen molar-refractivity contribution in [2.45, 2.75) is 52.5 Å². The number of carbonyl (C=O) groups excluding carboxylic acids is 1. The highest BCUT2D eigenvalue weighted by Gasteiger charge is 2.21. The van der Waals surface area contributed by atoms with Crippen molar-refractivity contribution in [1.29, 1.82) is 0 Å². The maximum Gasteiger partial charge on any atom is 0.253 e. The average molecular weight is 348 g/mol. The summed E-state index contributed by atoms with van der Waals surface area (Å²) in [6, 6.07) is 8.00. The van der Waals surface area contributed by atoms with Crippen LogP contribution in [0.2, 0.25) is 0 Å². The summed E-state index contributed by atoms with van der Waals surface area (Å²) in [7, 11) is 0. The zero-order valence-corrected chi connectivity index (χ0v) is 15.8. The SMILES string of the molecule is CCN(CC)C(=O)c1ccc(NC(=S)N[C@H]2CCCC[C@H]2C)cc1. The van der Waals surface area contributed by atoms with E-state index in [4.69, 9.17) is 12.2 Å². The van der Waals surface area contributed by atoms with Gasteiger partial charge in [0, 0.05) is 30.4 Å². The third-order valence-corrected chi connectivity index (χ3v) is 5.09. The molecule has 24 heavy (non-hydrogen) atoms. The van der Waals surface area contributed by atoms with Gasteiger partial charge in [-0.15, -0.1) is 0 Å². The Morgan fingerprint density at radius 3 is 2.38 bits per heavy atom. The van der Waals surface area contributed by atoms with E-state index in [1.54, 1.807) is 0 Å². The van der Waals surface area contributed by atoms with Crippen LogP contribution in [-0.2, 0) is 0 Å². The Morgan fingerprint density at radius 1 is 1.17 bits per heavy atom. The van der Waals surface area contributed by atoms with Gasteiger partial charge in [0.15, 0.2) is 5.11 Å². The molecule has 2 atom stereocenters. The van der Waals surface area contributed by atoms with Gasteiger partial charge in [0.1, 0.15) is 0 Å². The minimum absolute atomic E-state index is 0.0725. The first-order valence-corrected chi connectivity index (χ1v) is 9.42. The molecule has 0 unspecified atom stereocenters. The third kappa shape index (κ3) is 4.94. The van der Waals surface area contributed by atoms with E-state index >= 15 is 0 Å². The lowest BCUT2D eigenvalue weighted by molar-refractivity contribution is 0.0773. The summed E-state index contributed by atoms with van der Waals surface area (Å²) in [6.45, 7) is 7.72. The van der Waals surface area contributed by atoms with Crippen molar-refractivity contribution in [2.75, 3.05) is 18.4 Å². The van der Waals surface area contributed by atoms with Crippen LogP contribution in [0.5, 0.6) is 0 Å². The van der Waals surface area contributed by atoms with Crippen molar-refractivity contribution in [2.24, 2.45) is 5.92 Å². The van der Waals surface area contributed by atoms with Gasteiger partial charge in [0.05, 0.1) is 0 Å². The van der Waals surface area contributed by atoms with Crippen LogP contribution in [0, 0.1) is 5.92 Å². The monoisotopic (exact) mass is 347 g/mol. The van der Waals surface area contributed by atoms with E-state index in [1.807, 2.05) is 43.0 Å². The normalized spacial score (nSPS) is 20.3. The number of hydrogen-bond donors (Lipinski definition) is 2. The molecule has 1 saturated carbocycles. The predicted molar refractivity (Wildman–Crippen MR) is 104 cm³/mol. The zero-order chi connectivity index (χ0) is 17.5. The van der Waals surface area contributed by atoms with Gasteiger partial charge >= 0.3 is 0 Å². The summed E-state index contributed by atoms with van der Waals surface area (Å²) in [6.07, 6.45) is 5.04. The summed E-state index contributed by atoms with van der Waals surface area (Å²) in [4.78, 5) is 14.1. The van der Waals surface area contributed by atoms with E-state index in [0.29, 0.717) is 22.6 Å². The van der Waals surface area contributed by atoms with Crippen LogP contribution in [0.3, 0.4) is 0 Å². The second kappa shape index (κ2) is 9.02. The summed E-state index contributed by atoms with van der Waals surface area (Å²) in [5.74, 6) is 0.732. The standard InChI is InChI=1S/C19H29N3OS/c1-4-22(5-2)18(23)15-10-12-16(13-11-15)20-19(24)21-17-9-7-6-8-14(17)3/h10-14,17H,4-9H2,1-3H3,(H2,20,21,24)/t14-,17+/m1/s1. The fourth-order valence-corrected chi connectivity index (χ4v) is 3.53. The van der Waals surface area contributed by atoms with Crippen LogP contribution in [-0.4, -0.2) is 35.1 Å². The first-order chi connectivity index (χ1) is 11.5.